The van der Waals surface area contributed by atoms with Crippen molar-refractivity contribution in [1.82, 2.24) is 5.32 Å². The predicted octanol–water partition coefficient (Wildman–Crippen LogP) is 4.50. The average Bonchev–Trinajstić information content (AvgIpc) is 2.57. The van der Waals surface area contributed by atoms with E-state index in [1.807, 2.05) is 18.4 Å². The topological polar surface area (TPSA) is 12.0 Å². The van der Waals surface area contributed by atoms with E-state index in [1.165, 1.54) is 0 Å². The third-order valence-electron chi connectivity index (χ3n) is 2.10. The van der Waals surface area contributed by atoms with Crippen molar-refractivity contribution in [3.8, 4) is 0 Å². The van der Waals surface area contributed by atoms with Crippen LogP contribution in [0.15, 0.2) is 15.9 Å². The van der Waals surface area contributed by atoms with Gasteiger partial charge in [-0.1, -0.05) is 0 Å². The molecule has 0 spiro atoms. The van der Waals surface area contributed by atoms with Gasteiger partial charge in [0.2, 0.25) is 0 Å². The van der Waals surface area contributed by atoms with Crippen molar-refractivity contribution in [3.63, 3.8) is 0 Å². The van der Waals surface area contributed by atoms with Gasteiger partial charge in [-0.15, -0.1) is 11.3 Å². The van der Waals surface area contributed by atoms with E-state index in [1.54, 1.807) is 11.3 Å². The Hall–Kier alpha value is -0.0700. The van der Waals surface area contributed by atoms with Gasteiger partial charge in [-0.05, 0) is 41.9 Å². The van der Waals surface area contributed by atoms with Crippen LogP contribution < -0.4 is 5.32 Å². The first-order chi connectivity index (χ1) is 7.38. The summed E-state index contributed by atoms with van der Waals surface area (Å²) >= 11 is 4.93. The van der Waals surface area contributed by atoms with Crippen LogP contribution in [-0.4, -0.2) is 12.7 Å². The molecule has 0 radical (unpaired) electrons. The van der Waals surface area contributed by atoms with Crippen LogP contribution in [0.1, 0.15) is 30.7 Å². The molecule has 1 N–H and O–H groups in total. The number of nitrogens with one attached hydrogen (secondary N) is 1. The summed E-state index contributed by atoms with van der Waals surface area (Å²) in [5.41, 5.74) is 0. The van der Waals surface area contributed by atoms with Crippen LogP contribution in [-0.2, 0) is 0 Å². The molecule has 6 heteroatoms. The van der Waals surface area contributed by atoms with Crippen LogP contribution in [0.2, 0.25) is 0 Å². The van der Waals surface area contributed by atoms with Crippen LogP contribution in [0.25, 0.3) is 0 Å². The zero-order valence-corrected chi connectivity index (χ0v) is 11.2. The maximum absolute atomic E-state index is 11.9. The zero-order valence-electron chi connectivity index (χ0n) is 8.77. The first-order valence-corrected chi connectivity index (χ1v) is 6.60. The Balaban J connectivity index is 2.23. The fourth-order valence-corrected chi connectivity index (χ4v) is 2.74. The van der Waals surface area contributed by atoms with Gasteiger partial charge in [0.25, 0.3) is 0 Å². The normalized spacial score (nSPS) is 14.1. The third-order valence-corrected chi connectivity index (χ3v) is 3.98. The zero-order chi connectivity index (χ0) is 12.2. The summed E-state index contributed by atoms with van der Waals surface area (Å²) in [6.45, 7) is 2.34. The lowest BCUT2D eigenvalue weighted by Crippen LogP contribution is -2.20. The molecule has 1 aromatic heterocycles. The quantitative estimate of drug-likeness (QED) is 0.789. The van der Waals surface area contributed by atoms with Crippen molar-refractivity contribution in [1.29, 1.82) is 0 Å². The predicted molar refractivity (Wildman–Crippen MR) is 63.7 cm³/mol. The molecule has 0 saturated heterocycles. The molecule has 0 bridgehead atoms. The molecular formula is C10H13BrF3NS. The third kappa shape index (κ3) is 5.32. The molecule has 0 aliphatic rings. The summed E-state index contributed by atoms with van der Waals surface area (Å²) < 4.78 is 36.6. The highest BCUT2D eigenvalue weighted by Gasteiger charge is 2.25. The molecule has 0 aliphatic carbocycles. The van der Waals surface area contributed by atoms with Crippen molar-refractivity contribution >= 4 is 27.3 Å². The van der Waals surface area contributed by atoms with Crippen LogP contribution in [0.5, 0.6) is 0 Å². The van der Waals surface area contributed by atoms with Gasteiger partial charge < -0.3 is 5.32 Å². The lowest BCUT2D eigenvalue weighted by molar-refractivity contribution is -0.135. The second-order valence-corrected chi connectivity index (χ2v) is 5.42. The molecule has 0 fully saturated rings. The van der Waals surface area contributed by atoms with Gasteiger partial charge in [-0.3, -0.25) is 0 Å². The van der Waals surface area contributed by atoms with Gasteiger partial charge in [-0.25, -0.2) is 0 Å². The van der Waals surface area contributed by atoms with Gasteiger partial charge in [0.05, 0.1) is 0 Å². The molecule has 0 amide bonds. The van der Waals surface area contributed by atoms with E-state index < -0.39 is 12.6 Å². The number of halogens is 4. The minimum absolute atomic E-state index is 0.101. The van der Waals surface area contributed by atoms with E-state index in [4.69, 9.17) is 0 Å². The Morgan fingerprint density at radius 3 is 2.69 bits per heavy atom. The molecule has 1 atom stereocenters. The summed E-state index contributed by atoms with van der Waals surface area (Å²) in [4.78, 5) is 1.12. The Bertz CT molecular complexity index is 324. The molecule has 16 heavy (non-hydrogen) atoms. The molecule has 1 nitrogen and oxygen atoms in total. The first-order valence-electron chi connectivity index (χ1n) is 4.92. The minimum Gasteiger partial charge on any atom is -0.309 e. The standard InChI is InChI=1S/C10H13BrF3NS/c1-7(9-5-8(11)6-16-9)15-4-2-3-10(12,13)14/h5-7,15H,2-4H2,1H3. The van der Waals surface area contributed by atoms with E-state index in [0.717, 1.165) is 9.35 Å². The van der Waals surface area contributed by atoms with Gasteiger partial charge in [0.1, 0.15) is 0 Å². The highest BCUT2D eigenvalue weighted by atomic mass is 79.9. The maximum atomic E-state index is 11.9. The first kappa shape index (κ1) is 14.0. The fourth-order valence-electron chi connectivity index (χ4n) is 1.26. The number of alkyl halides is 3. The number of hydrogen-bond donors (Lipinski definition) is 1. The van der Waals surface area contributed by atoms with Crippen molar-refractivity contribution in [3.05, 3.63) is 20.8 Å². The van der Waals surface area contributed by atoms with E-state index in [9.17, 15) is 13.2 Å². The van der Waals surface area contributed by atoms with Crippen LogP contribution >= 0.6 is 27.3 Å². The van der Waals surface area contributed by atoms with Crippen molar-refractivity contribution < 1.29 is 13.2 Å². The smallest absolute Gasteiger partial charge is 0.309 e. The number of rotatable bonds is 5. The maximum Gasteiger partial charge on any atom is 0.389 e. The van der Waals surface area contributed by atoms with Crippen LogP contribution in [0, 0.1) is 0 Å². The number of hydrogen-bond acceptors (Lipinski definition) is 2. The fraction of sp³-hybridized carbons (Fsp3) is 0.600. The molecule has 1 aromatic rings. The molecule has 0 saturated carbocycles. The second kappa shape index (κ2) is 6.02. The van der Waals surface area contributed by atoms with E-state index in [2.05, 4.69) is 21.2 Å². The Morgan fingerprint density at radius 1 is 1.50 bits per heavy atom. The SMILES string of the molecule is CC(NCCCC(F)(F)F)c1cc(Br)cs1. The molecule has 0 aromatic carbocycles. The van der Waals surface area contributed by atoms with E-state index in [-0.39, 0.29) is 12.5 Å². The van der Waals surface area contributed by atoms with E-state index in [0.29, 0.717) is 6.54 Å². The molecule has 1 unspecified atom stereocenters. The van der Waals surface area contributed by atoms with Gasteiger partial charge in [-0.2, -0.15) is 13.2 Å². The van der Waals surface area contributed by atoms with Gasteiger partial charge >= 0.3 is 6.18 Å². The van der Waals surface area contributed by atoms with Crippen LogP contribution in [0.3, 0.4) is 0 Å². The van der Waals surface area contributed by atoms with Crippen LogP contribution in [0.4, 0.5) is 13.2 Å². The summed E-state index contributed by atoms with van der Waals surface area (Å²) in [5.74, 6) is 0. The molecule has 92 valence electrons. The van der Waals surface area contributed by atoms with Crippen molar-refractivity contribution in [2.45, 2.75) is 32.0 Å². The summed E-state index contributed by atoms with van der Waals surface area (Å²) in [5, 5.41) is 5.04. The molecule has 0 aliphatic heterocycles. The molecule has 1 rings (SSSR count). The summed E-state index contributed by atoms with van der Waals surface area (Å²) in [6, 6.07) is 2.08. The Kier molecular flexibility index (Phi) is 5.27. The second-order valence-electron chi connectivity index (χ2n) is 3.56. The molecular weight excluding hydrogens is 303 g/mol. The largest absolute Gasteiger partial charge is 0.389 e. The monoisotopic (exact) mass is 315 g/mol. The van der Waals surface area contributed by atoms with Crippen molar-refractivity contribution in [2.24, 2.45) is 0 Å². The molecule has 1 heterocycles. The van der Waals surface area contributed by atoms with Gasteiger partial charge in [0, 0.05) is 27.2 Å². The number of thiophene rings is 1. The Labute approximate surface area is 105 Å². The average molecular weight is 316 g/mol. The minimum atomic E-state index is -4.04. The summed E-state index contributed by atoms with van der Waals surface area (Å²) in [6.07, 6.45) is -4.64. The van der Waals surface area contributed by atoms with E-state index >= 15 is 0 Å². The highest BCUT2D eigenvalue weighted by Crippen LogP contribution is 2.25. The van der Waals surface area contributed by atoms with Crippen molar-refractivity contribution in [2.75, 3.05) is 6.54 Å². The Morgan fingerprint density at radius 2 is 2.19 bits per heavy atom. The van der Waals surface area contributed by atoms with Gasteiger partial charge in [0.15, 0.2) is 0 Å². The lowest BCUT2D eigenvalue weighted by atomic mass is 10.2. The lowest BCUT2D eigenvalue weighted by Gasteiger charge is -2.12. The highest BCUT2D eigenvalue weighted by molar-refractivity contribution is 9.10. The summed E-state index contributed by atoms with van der Waals surface area (Å²) in [7, 11) is 0.